The lowest BCUT2D eigenvalue weighted by Crippen LogP contribution is -2.20. The van der Waals surface area contributed by atoms with Crippen LogP contribution in [-0.2, 0) is 0 Å². The molecule has 1 atom stereocenters. The predicted octanol–water partition coefficient (Wildman–Crippen LogP) is 3.89. The predicted molar refractivity (Wildman–Crippen MR) is 104 cm³/mol. The van der Waals surface area contributed by atoms with Gasteiger partial charge in [-0.3, -0.25) is 0 Å². The second-order valence-electron chi connectivity index (χ2n) is 6.10. The maximum Gasteiger partial charge on any atom is 0.276 e. The van der Waals surface area contributed by atoms with Crippen molar-refractivity contribution >= 4 is 11.8 Å². The van der Waals surface area contributed by atoms with Crippen LogP contribution in [0, 0.1) is 13.8 Å². The van der Waals surface area contributed by atoms with Crippen LogP contribution < -0.4 is 9.47 Å². The van der Waals surface area contributed by atoms with E-state index in [0.717, 1.165) is 28.2 Å². The van der Waals surface area contributed by atoms with Crippen LogP contribution in [-0.4, -0.2) is 40.9 Å². The van der Waals surface area contributed by atoms with Gasteiger partial charge in [0.15, 0.2) is 0 Å². The first kappa shape index (κ1) is 19.3. The molecular weight excluding hydrogens is 364 g/mol. The number of benzene rings is 2. The fourth-order valence-corrected chi connectivity index (χ4v) is 3.21. The Morgan fingerprint density at radius 2 is 1.78 bits per heavy atom. The second kappa shape index (κ2) is 8.92. The van der Waals surface area contributed by atoms with Crippen LogP contribution in [0.25, 0.3) is 11.5 Å². The van der Waals surface area contributed by atoms with Crippen molar-refractivity contribution in [1.29, 1.82) is 0 Å². The van der Waals surface area contributed by atoms with Gasteiger partial charge in [0.1, 0.15) is 18.1 Å². The first-order valence-corrected chi connectivity index (χ1v) is 9.53. The summed E-state index contributed by atoms with van der Waals surface area (Å²) in [6, 6.07) is 13.3. The topological polar surface area (TPSA) is 77.6 Å². The van der Waals surface area contributed by atoms with Crippen molar-refractivity contribution < 1.29 is 19.0 Å². The maximum absolute atomic E-state index is 10.2. The fraction of sp³-hybridized carbons (Fsp3) is 0.300. The molecule has 6 nitrogen and oxygen atoms in total. The number of thioether (sulfide) groups is 1. The van der Waals surface area contributed by atoms with Crippen molar-refractivity contribution in [2.45, 2.75) is 25.2 Å². The van der Waals surface area contributed by atoms with Gasteiger partial charge in [-0.1, -0.05) is 30.0 Å². The standard InChI is InChI=1S/C20H22N2O4S/c1-13-5-4-6-14(2)18(13)25-11-16(23)12-27-20-22-21-19(26-20)15-7-9-17(24-3)10-8-15/h4-10,16,23H,11-12H2,1-3H3/t16-/m0/s1. The van der Waals surface area contributed by atoms with Crippen molar-refractivity contribution in [3.63, 3.8) is 0 Å². The molecule has 0 fully saturated rings. The van der Waals surface area contributed by atoms with Gasteiger partial charge in [0.2, 0.25) is 5.89 Å². The third-order valence-electron chi connectivity index (χ3n) is 3.97. The van der Waals surface area contributed by atoms with Crippen molar-refractivity contribution in [1.82, 2.24) is 10.2 Å². The highest BCUT2D eigenvalue weighted by atomic mass is 32.2. The summed E-state index contributed by atoms with van der Waals surface area (Å²) in [5, 5.41) is 18.7. The van der Waals surface area contributed by atoms with E-state index in [1.54, 1.807) is 7.11 Å². The Labute approximate surface area is 162 Å². The van der Waals surface area contributed by atoms with Crippen LogP contribution in [0.15, 0.2) is 52.1 Å². The number of ether oxygens (including phenoxy) is 2. The molecule has 3 rings (SSSR count). The average molecular weight is 386 g/mol. The number of nitrogens with zero attached hydrogens (tertiary/aromatic N) is 2. The van der Waals surface area contributed by atoms with Gasteiger partial charge in [-0.15, -0.1) is 10.2 Å². The van der Waals surface area contributed by atoms with E-state index in [9.17, 15) is 5.11 Å². The smallest absolute Gasteiger partial charge is 0.276 e. The van der Waals surface area contributed by atoms with Crippen LogP contribution >= 0.6 is 11.8 Å². The van der Waals surface area contributed by atoms with Crippen LogP contribution in [0.2, 0.25) is 0 Å². The third-order valence-corrected chi connectivity index (χ3v) is 4.93. The van der Waals surface area contributed by atoms with Crippen molar-refractivity contribution in [3.8, 4) is 23.0 Å². The molecular formula is C20H22N2O4S. The summed E-state index contributed by atoms with van der Waals surface area (Å²) in [6.07, 6.45) is -0.648. The van der Waals surface area contributed by atoms with Gasteiger partial charge in [0.25, 0.3) is 5.22 Å². The van der Waals surface area contributed by atoms with E-state index in [0.29, 0.717) is 16.9 Å². The minimum atomic E-state index is -0.648. The van der Waals surface area contributed by atoms with E-state index in [2.05, 4.69) is 10.2 Å². The molecule has 0 aliphatic rings. The summed E-state index contributed by atoms with van der Waals surface area (Å²) in [4.78, 5) is 0. The minimum Gasteiger partial charge on any atom is -0.497 e. The highest BCUT2D eigenvalue weighted by Crippen LogP contribution is 2.26. The Kier molecular flexibility index (Phi) is 6.36. The highest BCUT2D eigenvalue weighted by Gasteiger charge is 2.13. The lowest BCUT2D eigenvalue weighted by atomic mass is 10.1. The molecule has 1 N–H and O–H groups in total. The average Bonchev–Trinajstić information content (AvgIpc) is 3.15. The van der Waals surface area contributed by atoms with Gasteiger partial charge in [-0.2, -0.15) is 0 Å². The zero-order chi connectivity index (χ0) is 19.2. The molecule has 0 aliphatic heterocycles. The largest absolute Gasteiger partial charge is 0.497 e. The van der Waals surface area contributed by atoms with Gasteiger partial charge >= 0.3 is 0 Å². The number of hydrogen-bond donors (Lipinski definition) is 1. The lowest BCUT2D eigenvalue weighted by Gasteiger charge is -2.14. The van der Waals surface area contributed by atoms with Crippen LogP contribution in [0.1, 0.15) is 11.1 Å². The number of aliphatic hydroxyl groups excluding tert-OH is 1. The van der Waals surface area contributed by atoms with Crippen molar-refractivity contribution in [3.05, 3.63) is 53.6 Å². The first-order valence-electron chi connectivity index (χ1n) is 8.54. The monoisotopic (exact) mass is 386 g/mol. The molecule has 1 aromatic heterocycles. The minimum absolute atomic E-state index is 0.207. The molecule has 7 heteroatoms. The highest BCUT2D eigenvalue weighted by molar-refractivity contribution is 7.99. The normalized spacial score (nSPS) is 12.0. The SMILES string of the molecule is COc1ccc(-c2nnc(SC[C@@H](O)COc3c(C)cccc3C)o2)cc1. The molecule has 0 radical (unpaired) electrons. The number of aryl methyl sites for hydroxylation is 2. The number of aromatic nitrogens is 2. The summed E-state index contributed by atoms with van der Waals surface area (Å²) >= 11 is 1.30. The van der Waals surface area contributed by atoms with E-state index in [1.807, 2.05) is 56.3 Å². The second-order valence-corrected chi connectivity index (χ2v) is 7.07. The summed E-state index contributed by atoms with van der Waals surface area (Å²) in [6.45, 7) is 4.18. The molecule has 3 aromatic rings. The van der Waals surface area contributed by atoms with Gasteiger partial charge in [-0.05, 0) is 49.2 Å². The van der Waals surface area contributed by atoms with E-state index < -0.39 is 6.10 Å². The van der Waals surface area contributed by atoms with E-state index in [-0.39, 0.29) is 6.61 Å². The van der Waals surface area contributed by atoms with Gasteiger partial charge in [0, 0.05) is 11.3 Å². The Morgan fingerprint density at radius 3 is 2.44 bits per heavy atom. The van der Waals surface area contributed by atoms with E-state index in [1.165, 1.54) is 11.8 Å². The molecule has 0 saturated carbocycles. The van der Waals surface area contributed by atoms with Crippen molar-refractivity contribution in [2.24, 2.45) is 0 Å². The number of rotatable bonds is 8. The maximum atomic E-state index is 10.2. The van der Waals surface area contributed by atoms with Crippen molar-refractivity contribution in [2.75, 3.05) is 19.5 Å². The van der Waals surface area contributed by atoms with Gasteiger partial charge < -0.3 is 19.0 Å². The Hall–Kier alpha value is -2.51. The molecule has 142 valence electrons. The molecule has 0 spiro atoms. The summed E-state index contributed by atoms with van der Waals surface area (Å²) in [5.41, 5.74) is 2.92. The number of aliphatic hydroxyl groups is 1. The van der Waals surface area contributed by atoms with Gasteiger partial charge in [-0.25, -0.2) is 0 Å². The molecule has 0 unspecified atom stereocenters. The lowest BCUT2D eigenvalue weighted by molar-refractivity contribution is 0.125. The Morgan fingerprint density at radius 1 is 1.07 bits per heavy atom. The molecule has 0 amide bonds. The van der Waals surface area contributed by atoms with Crippen LogP contribution in [0.5, 0.6) is 11.5 Å². The zero-order valence-corrected chi connectivity index (χ0v) is 16.3. The molecule has 0 bridgehead atoms. The summed E-state index contributed by atoms with van der Waals surface area (Å²) in [7, 11) is 1.62. The zero-order valence-electron chi connectivity index (χ0n) is 15.5. The molecule has 0 saturated heterocycles. The number of hydrogen-bond acceptors (Lipinski definition) is 7. The first-order chi connectivity index (χ1) is 13.1. The van der Waals surface area contributed by atoms with Crippen LogP contribution in [0.3, 0.4) is 0 Å². The quantitative estimate of drug-likeness (QED) is 0.588. The Bertz CT molecular complexity index is 860. The number of para-hydroxylation sites is 1. The summed E-state index contributed by atoms with van der Waals surface area (Å²) < 4.78 is 16.5. The van der Waals surface area contributed by atoms with E-state index >= 15 is 0 Å². The molecule has 1 heterocycles. The number of methoxy groups -OCH3 is 1. The Balaban J connectivity index is 1.52. The third kappa shape index (κ3) is 5.02. The molecule has 27 heavy (non-hydrogen) atoms. The van der Waals surface area contributed by atoms with Crippen LogP contribution in [0.4, 0.5) is 0 Å². The molecule has 2 aromatic carbocycles. The van der Waals surface area contributed by atoms with Gasteiger partial charge in [0.05, 0.1) is 13.2 Å². The summed E-state index contributed by atoms with van der Waals surface area (Å²) in [5.74, 6) is 2.41. The molecule has 0 aliphatic carbocycles. The van der Waals surface area contributed by atoms with E-state index in [4.69, 9.17) is 13.9 Å². The fourth-order valence-electron chi connectivity index (χ4n) is 2.54.